The van der Waals surface area contributed by atoms with Gasteiger partial charge in [0, 0.05) is 6.07 Å². The fourth-order valence-electron chi connectivity index (χ4n) is 1.05. The zero-order valence-corrected chi connectivity index (χ0v) is 11.5. The van der Waals surface area contributed by atoms with E-state index in [4.69, 9.17) is 0 Å². The zero-order chi connectivity index (χ0) is 13.9. The van der Waals surface area contributed by atoms with Crippen molar-refractivity contribution in [3.63, 3.8) is 0 Å². The first kappa shape index (κ1) is 14.9. The summed E-state index contributed by atoms with van der Waals surface area (Å²) < 4.78 is 38.9. The maximum atomic E-state index is 13.1. The largest absolute Gasteiger partial charge is 0.306 e. The van der Waals surface area contributed by atoms with Crippen molar-refractivity contribution in [2.75, 3.05) is 0 Å². The minimum Gasteiger partial charge on any atom is -0.258 e. The van der Waals surface area contributed by atoms with Crippen LogP contribution in [0, 0.1) is 15.9 Å². The van der Waals surface area contributed by atoms with Gasteiger partial charge in [-0.15, -0.1) is 0 Å². The molecule has 0 amide bonds. The molecule has 6 nitrogen and oxygen atoms in total. The van der Waals surface area contributed by atoms with Crippen molar-refractivity contribution in [3.05, 3.63) is 34.1 Å². The van der Waals surface area contributed by atoms with Crippen LogP contribution >= 0.6 is 8.73 Å². The summed E-state index contributed by atoms with van der Waals surface area (Å²) in [4.78, 5) is 9.24. The highest BCUT2D eigenvalue weighted by Crippen LogP contribution is 2.24. The van der Waals surface area contributed by atoms with Crippen LogP contribution in [0.3, 0.4) is 0 Å². The van der Waals surface area contributed by atoms with E-state index in [0.29, 0.717) is 6.07 Å². The Bertz CT molecular complexity index is 562. The number of nitro groups is 1. The van der Waals surface area contributed by atoms with Crippen LogP contribution in [0.5, 0.6) is 0 Å². The molecule has 9 heteroatoms. The third-order valence-electron chi connectivity index (χ3n) is 1.91. The van der Waals surface area contributed by atoms with Gasteiger partial charge in [0.1, 0.15) is 0 Å². The first-order valence-corrected chi connectivity index (χ1v) is 7.51. The lowest BCUT2D eigenvalue weighted by atomic mass is 10.3. The highest BCUT2D eigenvalue weighted by Gasteiger charge is 2.21. The van der Waals surface area contributed by atoms with Crippen molar-refractivity contribution >= 4 is 24.4 Å². The number of hydrogen-bond donors (Lipinski definition) is 1. The molecule has 0 spiro atoms. The van der Waals surface area contributed by atoms with Crippen LogP contribution in [0.1, 0.15) is 13.8 Å². The molecule has 0 fully saturated rings. The first-order valence-electron chi connectivity index (χ1n) is 4.95. The first-order chi connectivity index (χ1) is 8.24. The SMILES string of the molecule is CC(C)PNS(=O)(=O)c1ccc(F)c([N+](=O)[O-])c1. The zero-order valence-electron chi connectivity index (χ0n) is 9.68. The van der Waals surface area contributed by atoms with Gasteiger partial charge < -0.3 is 0 Å². The third-order valence-corrected chi connectivity index (χ3v) is 4.90. The number of nitro benzene ring substituents is 1. The number of nitrogens with one attached hydrogen (secondary N) is 1. The predicted octanol–water partition coefficient (Wildman–Crippen LogP) is 2.01. The summed E-state index contributed by atoms with van der Waals surface area (Å²) in [7, 11) is -3.88. The highest BCUT2D eigenvalue weighted by atomic mass is 32.2. The molecule has 0 heterocycles. The molecule has 0 saturated heterocycles. The average molecular weight is 294 g/mol. The number of sulfonamides is 1. The van der Waals surface area contributed by atoms with Crippen molar-refractivity contribution in [3.8, 4) is 0 Å². The molecule has 0 bridgehead atoms. The fraction of sp³-hybridized carbons (Fsp3) is 0.333. The van der Waals surface area contributed by atoms with Crippen LogP contribution in [0.4, 0.5) is 10.1 Å². The molecule has 1 aromatic rings. The number of benzene rings is 1. The summed E-state index contributed by atoms with van der Waals surface area (Å²) in [5.74, 6) is -1.06. The molecular weight excluding hydrogens is 282 g/mol. The van der Waals surface area contributed by atoms with Crippen LogP contribution < -0.4 is 4.49 Å². The molecule has 0 radical (unpaired) electrons. The predicted molar refractivity (Wildman–Crippen MR) is 66.8 cm³/mol. The maximum absolute atomic E-state index is 13.1. The quantitative estimate of drug-likeness (QED) is 0.511. The number of hydrogen-bond acceptors (Lipinski definition) is 4. The molecule has 0 aliphatic rings. The van der Waals surface area contributed by atoms with E-state index in [2.05, 4.69) is 4.49 Å². The molecule has 1 rings (SSSR count). The van der Waals surface area contributed by atoms with E-state index in [1.54, 1.807) is 0 Å². The number of rotatable bonds is 5. The van der Waals surface area contributed by atoms with E-state index in [1.807, 2.05) is 13.8 Å². The lowest BCUT2D eigenvalue weighted by Gasteiger charge is -2.08. The third kappa shape index (κ3) is 3.69. The Kier molecular flexibility index (Phi) is 4.72. The van der Waals surface area contributed by atoms with Crippen molar-refractivity contribution in [1.82, 2.24) is 4.49 Å². The van der Waals surface area contributed by atoms with Gasteiger partial charge in [0.05, 0.1) is 9.82 Å². The summed E-state index contributed by atoms with van der Waals surface area (Å²) in [6.07, 6.45) is 0. The van der Waals surface area contributed by atoms with Gasteiger partial charge in [-0.05, 0) is 26.5 Å². The van der Waals surface area contributed by atoms with Crippen LogP contribution in [0.25, 0.3) is 0 Å². The molecule has 0 aliphatic carbocycles. The summed E-state index contributed by atoms with van der Waals surface area (Å²) >= 11 is 0. The van der Waals surface area contributed by atoms with Gasteiger partial charge in [-0.2, -0.15) is 8.88 Å². The van der Waals surface area contributed by atoms with Crippen molar-refractivity contribution in [1.29, 1.82) is 0 Å². The van der Waals surface area contributed by atoms with Crippen LogP contribution in [0.2, 0.25) is 0 Å². The lowest BCUT2D eigenvalue weighted by Crippen LogP contribution is -2.17. The van der Waals surface area contributed by atoms with Gasteiger partial charge >= 0.3 is 5.69 Å². The molecule has 1 aromatic carbocycles. The molecule has 1 N–H and O–H groups in total. The number of nitrogens with zero attached hydrogens (tertiary/aromatic N) is 1. The van der Waals surface area contributed by atoms with E-state index in [1.165, 1.54) is 0 Å². The molecule has 1 atom stereocenters. The smallest absolute Gasteiger partial charge is 0.258 e. The number of halogens is 1. The molecule has 100 valence electrons. The lowest BCUT2D eigenvalue weighted by molar-refractivity contribution is -0.387. The molecule has 18 heavy (non-hydrogen) atoms. The monoisotopic (exact) mass is 294 g/mol. The average Bonchev–Trinajstić information content (AvgIpc) is 2.26. The molecular formula is C9H12FN2O4PS. The van der Waals surface area contributed by atoms with E-state index >= 15 is 0 Å². The molecule has 1 unspecified atom stereocenters. The van der Waals surface area contributed by atoms with Crippen LogP contribution in [-0.2, 0) is 10.0 Å². The Morgan fingerprint density at radius 1 is 1.44 bits per heavy atom. The van der Waals surface area contributed by atoms with E-state index in [9.17, 15) is 22.9 Å². The Hall–Kier alpha value is -1.11. The second-order valence-corrected chi connectivity index (χ2v) is 7.51. The Balaban J connectivity index is 3.10. The van der Waals surface area contributed by atoms with Gasteiger partial charge in [-0.3, -0.25) is 10.1 Å². The van der Waals surface area contributed by atoms with Crippen molar-refractivity contribution in [2.45, 2.75) is 24.4 Å². The second-order valence-electron chi connectivity index (χ2n) is 3.77. The summed E-state index contributed by atoms with van der Waals surface area (Å²) in [5.41, 5.74) is -0.735. The topological polar surface area (TPSA) is 89.3 Å². The fourth-order valence-corrected chi connectivity index (χ4v) is 3.60. The van der Waals surface area contributed by atoms with Crippen molar-refractivity contribution in [2.24, 2.45) is 0 Å². The molecule has 0 saturated carbocycles. The summed E-state index contributed by atoms with van der Waals surface area (Å²) in [5, 5.41) is 10.5. The van der Waals surface area contributed by atoms with Crippen LogP contribution in [0.15, 0.2) is 23.1 Å². The van der Waals surface area contributed by atoms with Gasteiger partial charge in [-0.25, -0.2) is 8.42 Å². The van der Waals surface area contributed by atoms with E-state index < -0.39 is 26.5 Å². The van der Waals surface area contributed by atoms with Gasteiger partial charge in [0.15, 0.2) is 0 Å². The van der Waals surface area contributed by atoms with Gasteiger partial charge in [-0.1, -0.05) is 13.8 Å². The Labute approximate surface area is 106 Å². The summed E-state index contributed by atoms with van der Waals surface area (Å²) in [6, 6.07) is 2.48. The van der Waals surface area contributed by atoms with Crippen molar-refractivity contribution < 1.29 is 17.7 Å². The van der Waals surface area contributed by atoms with Crippen LogP contribution in [-0.4, -0.2) is 19.0 Å². The Morgan fingerprint density at radius 3 is 2.56 bits per heavy atom. The standard InChI is InChI=1S/C9H12FN2O4PS/c1-6(2)17-11-18(15,16)7-3-4-8(10)9(5-7)12(13)14/h3-6,11,17H,1-2H3. The molecule has 0 aliphatic heterocycles. The molecule has 0 aromatic heterocycles. The minimum atomic E-state index is -3.84. The maximum Gasteiger partial charge on any atom is 0.306 e. The highest BCUT2D eigenvalue weighted by molar-refractivity contribution is 7.93. The second kappa shape index (κ2) is 5.69. The van der Waals surface area contributed by atoms with E-state index in [0.717, 1.165) is 12.1 Å². The van der Waals surface area contributed by atoms with Gasteiger partial charge in [0.2, 0.25) is 15.8 Å². The summed E-state index contributed by atoms with van der Waals surface area (Å²) in [6.45, 7) is 3.65. The minimum absolute atomic E-state index is 0.0475. The normalized spacial score (nSPS) is 12.4. The Morgan fingerprint density at radius 2 is 2.06 bits per heavy atom. The van der Waals surface area contributed by atoms with E-state index in [-0.39, 0.29) is 19.3 Å². The van der Waals surface area contributed by atoms with Gasteiger partial charge in [0.25, 0.3) is 0 Å².